The molecule has 0 aromatic carbocycles. The summed E-state index contributed by atoms with van der Waals surface area (Å²) in [5, 5.41) is 8.75. The quantitative estimate of drug-likeness (QED) is 0.739. The van der Waals surface area contributed by atoms with Gasteiger partial charge in [-0.2, -0.15) is 5.26 Å². The van der Waals surface area contributed by atoms with Gasteiger partial charge < -0.3 is 5.73 Å². The van der Waals surface area contributed by atoms with Gasteiger partial charge >= 0.3 is 0 Å². The minimum absolute atomic E-state index is 0.425. The number of rotatable bonds is 4. The van der Waals surface area contributed by atoms with Crippen molar-refractivity contribution >= 4 is 0 Å². The Hall–Kier alpha value is -0.590. The van der Waals surface area contributed by atoms with E-state index in [1.807, 2.05) is 0 Å². The Kier molecular flexibility index (Phi) is 4.92. The Bertz CT molecular complexity index is 197. The van der Waals surface area contributed by atoms with E-state index < -0.39 is 0 Å². The molecule has 0 spiro atoms. The van der Waals surface area contributed by atoms with Crippen molar-refractivity contribution < 1.29 is 0 Å². The van der Waals surface area contributed by atoms with Crippen LogP contribution in [0, 0.1) is 11.3 Å². The van der Waals surface area contributed by atoms with Crippen LogP contribution in [-0.4, -0.2) is 30.1 Å². The molecule has 0 bridgehead atoms. The molecule has 2 N–H and O–H groups in total. The largest absolute Gasteiger partial charge is 0.329 e. The number of nitriles is 1. The molecule has 1 heterocycles. The summed E-state index contributed by atoms with van der Waals surface area (Å²) in [4.78, 5) is 2.45. The van der Waals surface area contributed by atoms with Gasteiger partial charge in [-0.3, -0.25) is 4.90 Å². The van der Waals surface area contributed by atoms with Gasteiger partial charge in [-0.05, 0) is 25.8 Å². The summed E-state index contributed by atoms with van der Waals surface area (Å²) in [6.07, 6.45) is 5.47. The second-order valence-electron chi connectivity index (χ2n) is 4.05. The third-order valence-electron chi connectivity index (χ3n) is 3.21. The third-order valence-corrected chi connectivity index (χ3v) is 3.21. The van der Waals surface area contributed by atoms with Crippen LogP contribution in [0.4, 0.5) is 0 Å². The molecule has 80 valence electrons. The molecule has 1 aliphatic heterocycles. The average Bonchev–Trinajstić information content (AvgIpc) is 2.26. The van der Waals surface area contributed by atoms with Gasteiger partial charge in [0.05, 0.1) is 12.5 Å². The molecule has 1 saturated heterocycles. The maximum atomic E-state index is 8.75. The number of hydrogen-bond acceptors (Lipinski definition) is 3. The standard InChI is InChI=1S/C11H21N3/c1-2-10(6-7-12)14-8-4-3-5-11(14)9-13/h10-11H,2-6,8-9,13H2,1H3. The first-order valence-electron chi connectivity index (χ1n) is 5.66. The monoisotopic (exact) mass is 195 g/mol. The van der Waals surface area contributed by atoms with E-state index in [-0.39, 0.29) is 0 Å². The van der Waals surface area contributed by atoms with E-state index in [1.54, 1.807) is 0 Å². The summed E-state index contributed by atoms with van der Waals surface area (Å²) >= 11 is 0. The molecular formula is C11H21N3. The van der Waals surface area contributed by atoms with Crippen LogP contribution in [-0.2, 0) is 0 Å². The van der Waals surface area contributed by atoms with E-state index in [4.69, 9.17) is 11.0 Å². The fourth-order valence-electron chi connectivity index (χ4n) is 2.36. The van der Waals surface area contributed by atoms with Crippen LogP contribution >= 0.6 is 0 Å². The zero-order chi connectivity index (χ0) is 10.4. The van der Waals surface area contributed by atoms with Gasteiger partial charge in [0.15, 0.2) is 0 Å². The average molecular weight is 195 g/mol. The summed E-state index contributed by atoms with van der Waals surface area (Å²) in [5.41, 5.74) is 5.76. The fraction of sp³-hybridized carbons (Fsp3) is 0.909. The number of piperidine rings is 1. The summed E-state index contributed by atoms with van der Waals surface area (Å²) < 4.78 is 0. The Morgan fingerprint density at radius 3 is 2.93 bits per heavy atom. The predicted molar refractivity (Wildman–Crippen MR) is 57.7 cm³/mol. The molecule has 2 unspecified atom stereocenters. The first-order chi connectivity index (χ1) is 6.83. The molecule has 1 aliphatic rings. The molecule has 0 amide bonds. The molecule has 1 fully saturated rings. The molecule has 0 aromatic heterocycles. The molecule has 2 atom stereocenters. The van der Waals surface area contributed by atoms with Crippen LogP contribution in [0.1, 0.15) is 39.0 Å². The molecule has 0 aromatic rings. The van der Waals surface area contributed by atoms with Gasteiger partial charge in [-0.25, -0.2) is 0 Å². The normalized spacial score (nSPS) is 25.6. The maximum absolute atomic E-state index is 8.75. The zero-order valence-electron chi connectivity index (χ0n) is 9.08. The van der Waals surface area contributed by atoms with E-state index in [0.717, 1.165) is 19.5 Å². The Morgan fingerprint density at radius 1 is 1.57 bits per heavy atom. The Balaban J connectivity index is 2.56. The summed E-state index contributed by atoms with van der Waals surface area (Å²) in [7, 11) is 0. The predicted octanol–water partition coefficient (Wildman–Crippen LogP) is 1.49. The van der Waals surface area contributed by atoms with E-state index in [0.29, 0.717) is 18.5 Å². The van der Waals surface area contributed by atoms with Gasteiger partial charge in [-0.15, -0.1) is 0 Å². The second-order valence-corrected chi connectivity index (χ2v) is 4.05. The van der Waals surface area contributed by atoms with Gasteiger partial charge in [-0.1, -0.05) is 13.3 Å². The van der Waals surface area contributed by atoms with Crippen molar-refractivity contribution in [3.63, 3.8) is 0 Å². The number of hydrogen-bond donors (Lipinski definition) is 1. The molecule has 1 rings (SSSR count). The minimum atomic E-state index is 0.425. The lowest BCUT2D eigenvalue weighted by Gasteiger charge is -2.39. The molecule has 0 saturated carbocycles. The SMILES string of the molecule is CCC(CC#N)N1CCCCC1CN. The third kappa shape index (κ3) is 2.70. The summed E-state index contributed by atoms with van der Waals surface area (Å²) in [6, 6.07) is 3.22. The Morgan fingerprint density at radius 2 is 2.36 bits per heavy atom. The first kappa shape index (κ1) is 11.5. The van der Waals surface area contributed by atoms with Crippen LogP contribution in [0.3, 0.4) is 0 Å². The van der Waals surface area contributed by atoms with E-state index in [1.165, 1.54) is 19.3 Å². The molecule has 3 heteroatoms. The number of likely N-dealkylation sites (tertiary alicyclic amines) is 1. The van der Waals surface area contributed by atoms with Crippen molar-refractivity contribution in [1.29, 1.82) is 5.26 Å². The molecule has 0 radical (unpaired) electrons. The molecule has 14 heavy (non-hydrogen) atoms. The van der Waals surface area contributed by atoms with Crippen molar-refractivity contribution in [2.24, 2.45) is 5.73 Å². The van der Waals surface area contributed by atoms with Crippen LogP contribution in [0.2, 0.25) is 0 Å². The van der Waals surface area contributed by atoms with E-state index in [9.17, 15) is 0 Å². The van der Waals surface area contributed by atoms with Gasteiger partial charge in [0.1, 0.15) is 0 Å². The van der Waals surface area contributed by atoms with Crippen LogP contribution < -0.4 is 5.73 Å². The summed E-state index contributed by atoms with van der Waals surface area (Å²) in [6.45, 7) is 4.02. The first-order valence-corrected chi connectivity index (χ1v) is 5.66. The highest BCUT2D eigenvalue weighted by atomic mass is 15.2. The van der Waals surface area contributed by atoms with Gasteiger partial charge in [0.25, 0.3) is 0 Å². The van der Waals surface area contributed by atoms with E-state index >= 15 is 0 Å². The fourth-order valence-corrected chi connectivity index (χ4v) is 2.36. The zero-order valence-corrected chi connectivity index (χ0v) is 9.08. The highest BCUT2D eigenvalue weighted by molar-refractivity contribution is 4.88. The Labute approximate surface area is 86.9 Å². The molecule has 3 nitrogen and oxygen atoms in total. The highest BCUT2D eigenvalue weighted by Gasteiger charge is 2.26. The minimum Gasteiger partial charge on any atom is -0.329 e. The van der Waals surface area contributed by atoms with Crippen LogP contribution in [0.25, 0.3) is 0 Å². The van der Waals surface area contributed by atoms with Crippen molar-refractivity contribution in [1.82, 2.24) is 4.90 Å². The van der Waals surface area contributed by atoms with Crippen molar-refractivity contribution in [2.75, 3.05) is 13.1 Å². The van der Waals surface area contributed by atoms with E-state index in [2.05, 4.69) is 17.9 Å². The van der Waals surface area contributed by atoms with Crippen LogP contribution in [0.5, 0.6) is 0 Å². The lowest BCUT2D eigenvalue weighted by molar-refractivity contribution is 0.0981. The smallest absolute Gasteiger partial charge is 0.0638 e. The van der Waals surface area contributed by atoms with Crippen molar-refractivity contribution in [3.05, 3.63) is 0 Å². The second kappa shape index (κ2) is 6.00. The van der Waals surface area contributed by atoms with Gasteiger partial charge in [0.2, 0.25) is 0 Å². The topological polar surface area (TPSA) is 53.0 Å². The maximum Gasteiger partial charge on any atom is 0.0638 e. The molecular weight excluding hydrogens is 174 g/mol. The molecule has 0 aliphatic carbocycles. The van der Waals surface area contributed by atoms with Crippen LogP contribution in [0.15, 0.2) is 0 Å². The van der Waals surface area contributed by atoms with Crippen molar-refractivity contribution in [3.8, 4) is 6.07 Å². The highest BCUT2D eigenvalue weighted by Crippen LogP contribution is 2.21. The number of nitrogens with zero attached hydrogens (tertiary/aromatic N) is 2. The lowest BCUT2D eigenvalue weighted by atomic mass is 9.98. The lowest BCUT2D eigenvalue weighted by Crippen LogP contribution is -2.49. The van der Waals surface area contributed by atoms with Crippen molar-refractivity contribution in [2.45, 2.75) is 51.1 Å². The van der Waals surface area contributed by atoms with Gasteiger partial charge in [0, 0.05) is 18.6 Å². The number of nitrogens with two attached hydrogens (primary N) is 1. The summed E-state index contributed by atoms with van der Waals surface area (Å²) in [5.74, 6) is 0.